The first-order valence-electron chi connectivity index (χ1n) is 6.99. The predicted molar refractivity (Wildman–Crippen MR) is 80.3 cm³/mol. The van der Waals surface area contributed by atoms with Gasteiger partial charge >= 0.3 is 0 Å². The molecule has 0 atom stereocenters. The number of hydrogen-bond donors (Lipinski definition) is 1. The molecule has 0 saturated carbocycles. The molecule has 0 amide bonds. The molecule has 0 saturated heterocycles. The third kappa shape index (κ3) is 1.66. The first-order valence-corrected chi connectivity index (χ1v) is 6.99. The Labute approximate surface area is 126 Å². The van der Waals surface area contributed by atoms with Crippen molar-refractivity contribution in [1.82, 2.24) is 0 Å². The molecule has 1 aliphatic rings. The molecule has 0 bridgehead atoms. The Bertz CT molecular complexity index is 820. The summed E-state index contributed by atoms with van der Waals surface area (Å²) in [5, 5.41) is 11.4. The van der Waals surface area contributed by atoms with E-state index in [-0.39, 0.29) is 0 Å². The molecule has 0 unspecified atom stereocenters. The van der Waals surface area contributed by atoms with E-state index in [2.05, 4.69) is 0 Å². The van der Waals surface area contributed by atoms with E-state index in [1.54, 1.807) is 36.4 Å². The lowest BCUT2D eigenvalue weighted by Crippen LogP contribution is -2.26. The van der Waals surface area contributed by atoms with Crippen LogP contribution < -0.4 is 0 Å². The Morgan fingerprint density at radius 2 is 1.18 bits per heavy atom. The fraction of sp³-hybridized carbons (Fsp3) is 0.0526. The predicted octanol–water partition coefficient (Wildman–Crippen LogP) is 4.23. The van der Waals surface area contributed by atoms with Crippen molar-refractivity contribution in [3.8, 4) is 11.1 Å². The zero-order valence-electron chi connectivity index (χ0n) is 11.6. The normalized spacial score (nSPS) is 14.5. The van der Waals surface area contributed by atoms with E-state index in [9.17, 15) is 13.9 Å². The van der Waals surface area contributed by atoms with Crippen molar-refractivity contribution in [1.29, 1.82) is 0 Å². The van der Waals surface area contributed by atoms with Crippen molar-refractivity contribution in [3.63, 3.8) is 0 Å². The molecule has 0 spiro atoms. The Kier molecular flexibility index (Phi) is 2.68. The zero-order valence-corrected chi connectivity index (χ0v) is 11.6. The number of halogens is 2. The van der Waals surface area contributed by atoms with Crippen molar-refractivity contribution in [2.75, 3.05) is 0 Å². The van der Waals surface area contributed by atoms with Crippen molar-refractivity contribution < 1.29 is 13.9 Å². The molecule has 1 aliphatic carbocycles. The van der Waals surface area contributed by atoms with Crippen LogP contribution in [-0.4, -0.2) is 5.11 Å². The van der Waals surface area contributed by atoms with Gasteiger partial charge in [-0.25, -0.2) is 8.78 Å². The minimum Gasteiger partial charge on any atom is -0.376 e. The van der Waals surface area contributed by atoms with Crippen LogP contribution in [0, 0.1) is 11.6 Å². The minimum atomic E-state index is -1.55. The molecule has 0 radical (unpaired) electrons. The van der Waals surface area contributed by atoms with Crippen LogP contribution in [-0.2, 0) is 5.60 Å². The van der Waals surface area contributed by atoms with E-state index in [1.807, 2.05) is 6.07 Å². The van der Waals surface area contributed by atoms with E-state index in [0.29, 0.717) is 16.7 Å². The van der Waals surface area contributed by atoms with Crippen LogP contribution in [0.4, 0.5) is 8.78 Å². The lowest BCUT2D eigenvalue weighted by atomic mass is 9.84. The largest absolute Gasteiger partial charge is 0.376 e. The molecular formula is C19H12F2O. The van der Waals surface area contributed by atoms with Crippen molar-refractivity contribution in [2.24, 2.45) is 0 Å². The van der Waals surface area contributed by atoms with Gasteiger partial charge in [-0.05, 0) is 41.0 Å². The summed E-state index contributed by atoms with van der Waals surface area (Å²) in [5.74, 6) is -0.859. The fourth-order valence-electron chi connectivity index (χ4n) is 3.24. The second-order valence-corrected chi connectivity index (χ2v) is 5.46. The fourth-order valence-corrected chi connectivity index (χ4v) is 3.24. The van der Waals surface area contributed by atoms with Gasteiger partial charge in [0.1, 0.15) is 17.2 Å². The third-order valence-corrected chi connectivity index (χ3v) is 4.22. The highest BCUT2D eigenvalue weighted by Crippen LogP contribution is 2.51. The number of benzene rings is 3. The maximum Gasteiger partial charge on any atom is 0.141 e. The maximum absolute atomic E-state index is 13.7. The average molecular weight is 294 g/mol. The van der Waals surface area contributed by atoms with Crippen LogP contribution in [0.3, 0.4) is 0 Å². The summed E-state index contributed by atoms with van der Waals surface area (Å²) >= 11 is 0. The summed E-state index contributed by atoms with van der Waals surface area (Å²) < 4.78 is 27.5. The summed E-state index contributed by atoms with van der Waals surface area (Å²) in [7, 11) is 0. The standard InChI is InChI=1S/C19H12F2O/c20-13-6-8-15-16-9-7-14(21)11-18(16)19(22,17(15)10-13)12-4-2-1-3-5-12/h1-11,22H. The van der Waals surface area contributed by atoms with Crippen molar-refractivity contribution in [2.45, 2.75) is 5.60 Å². The molecule has 1 N–H and O–H groups in total. The summed E-state index contributed by atoms with van der Waals surface area (Å²) in [4.78, 5) is 0. The quantitative estimate of drug-likeness (QED) is 0.712. The van der Waals surface area contributed by atoms with Gasteiger partial charge in [-0.1, -0.05) is 42.5 Å². The lowest BCUT2D eigenvalue weighted by Gasteiger charge is -2.26. The Morgan fingerprint density at radius 3 is 1.68 bits per heavy atom. The highest BCUT2D eigenvalue weighted by Gasteiger charge is 2.43. The summed E-state index contributed by atoms with van der Waals surface area (Å²) in [6.07, 6.45) is 0. The van der Waals surface area contributed by atoms with E-state index >= 15 is 0 Å². The topological polar surface area (TPSA) is 20.2 Å². The van der Waals surface area contributed by atoms with Crippen LogP contribution in [0.1, 0.15) is 16.7 Å². The highest BCUT2D eigenvalue weighted by molar-refractivity contribution is 5.82. The molecule has 0 fully saturated rings. The summed E-state index contributed by atoms with van der Waals surface area (Å²) in [6, 6.07) is 17.5. The molecule has 0 heterocycles. The molecule has 0 aliphatic heterocycles. The Hall–Kier alpha value is -2.52. The molecule has 22 heavy (non-hydrogen) atoms. The van der Waals surface area contributed by atoms with Gasteiger partial charge in [-0.15, -0.1) is 0 Å². The molecule has 0 aromatic heterocycles. The Morgan fingerprint density at radius 1 is 0.682 bits per heavy atom. The van der Waals surface area contributed by atoms with Gasteiger partial charge in [0.05, 0.1) is 0 Å². The minimum absolute atomic E-state index is 0.429. The Balaban J connectivity index is 2.11. The second-order valence-electron chi connectivity index (χ2n) is 5.46. The molecule has 1 nitrogen and oxygen atoms in total. The first kappa shape index (κ1) is 13.2. The maximum atomic E-state index is 13.7. The smallest absolute Gasteiger partial charge is 0.141 e. The van der Waals surface area contributed by atoms with Gasteiger partial charge in [-0.2, -0.15) is 0 Å². The first-order chi connectivity index (χ1) is 10.6. The van der Waals surface area contributed by atoms with Gasteiger partial charge in [-0.3, -0.25) is 0 Å². The van der Waals surface area contributed by atoms with E-state index in [1.165, 1.54) is 24.3 Å². The van der Waals surface area contributed by atoms with Crippen LogP contribution in [0.25, 0.3) is 11.1 Å². The third-order valence-electron chi connectivity index (χ3n) is 4.22. The van der Waals surface area contributed by atoms with Crippen LogP contribution in [0.15, 0.2) is 66.7 Å². The summed E-state index contributed by atoms with van der Waals surface area (Å²) in [5.41, 5.74) is 1.38. The number of hydrogen-bond acceptors (Lipinski definition) is 1. The molecule has 3 aromatic carbocycles. The number of aliphatic hydroxyl groups is 1. The molecule has 3 aromatic rings. The van der Waals surface area contributed by atoms with Gasteiger partial charge in [0.15, 0.2) is 0 Å². The van der Waals surface area contributed by atoms with Gasteiger partial charge in [0, 0.05) is 11.1 Å². The van der Waals surface area contributed by atoms with Crippen molar-refractivity contribution >= 4 is 0 Å². The lowest BCUT2D eigenvalue weighted by molar-refractivity contribution is 0.130. The van der Waals surface area contributed by atoms with Crippen LogP contribution in [0.2, 0.25) is 0 Å². The van der Waals surface area contributed by atoms with Crippen LogP contribution >= 0.6 is 0 Å². The average Bonchev–Trinajstić information content (AvgIpc) is 2.78. The summed E-state index contributed by atoms with van der Waals surface area (Å²) in [6.45, 7) is 0. The van der Waals surface area contributed by atoms with Crippen LogP contribution in [0.5, 0.6) is 0 Å². The van der Waals surface area contributed by atoms with Gasteiger partial charge in [0.25, 0.3) is 0 Å². The molecule has 3 heteroatoms. The number of fused-ring (bicyclic) bond motifs is 3. The number of rotatable bonds is 1. The molecule has 108 valence electrons. The van der Waals surface area contributed by atoms with Gasteiger partial charge in [0.2, 0.25) is 0 Å². The monoisotopic (exact) mass is 294 g/mol. The van der Waals surface area contributed by atoms with E-state index in [0.717, 1.165) is 11.1 Å². The molecule has 4 rings (SSSR count). The van der Waals surface area contributed by atoms with Crippen molar-refractivity contribution in [3.05, 3.63) is 95.1 Å². The van der Waals surface area contributed by atoms with E-state index < -0.39 is 17.2 Å². The second kappa shape index (κ2) is 4.49. The molecular weight excluding hydrogens is 282 g/mol. The SMILES string of the molecule is OC1(c2ccccc2)c2cc(F)ccc2-c2ccc(F)cc21. The van der Waals surface area contributed by atoms with Gasteiger partial charge < -0.3 is 5.11 Å². The van der Waals surface area contributed by atoms with E-state index in [4.69, 9.17) is 0 Å². The zero-order chi connectivity index (χ0) is 15.3. The highest BCUT2D eigenvalue weighted by atomic mass is 19.1.